The maximum atomic E-state index is 12.7. The zero-order valence-corrected chi connectivity index (χ0v) is 17.6. The van der Waals surface area contributed by atoms with E-state index in [1.165, 1.54) is 0 Å². The van der Waals surface area contributed by atoms with Crippen molar-refractivity contribution in [2.24, 2.45) is 0 Å². The number of piperazine rings is 1. The predicted molar refractivity (Wildman–Crippen MR) is 117 cm³/mol. The van der Waals surface area contributed by atoms with Crippen LogP contribution in [0.5, 0.6) is 11.5 Å². The maximum Gasteiger partial charge on any atom is 0.241 e. The Labute approximate surface area is 173 Å². The third-order valence-corrected chi connectivity index (χ3v) is 5.18. The number of nitrogens with one attached hydrogen (secondary N) is 1. The first-order chi connectivity index (χ1) is 14.1. The molecule has 1 aliphatic heterocycles. The molecule has 6 heteroatoms. The van der Waals surface area contributed by atoms with Crippen molar-refractivity contribution in [3.8, 4) is 11.5 Å². The number of carbonyl (C=O) groups is 1. The molecule has 0 spiro atoms. The summed E-state index contributed by atoms with van der Waals surface area (Å²) in [6.45, 7) is 10.6. The molecule has 0 radical (unpaired) electrons. The van der Waals surface area contributed by atoms with E-state index in [1.807, 2.05) is 63.2 Å². The summed E-state index contributed by atoms with van der Waals surface area (Å²) in [6.07, 6.45) is 0. The normalized spacial score (nSPS) is 15.6. The molecule has 0 aromatic heterocycles. The van der Waals surface area contributed by atoms with Gasteiger partial charge in [0.2, 0.25) is 5.91 Å². The van der Waals surface area contributed by atoms with Gasteiger partial charge in [-0.2, -0.15) is 0 Å². The highest BCUT2D eigenvalue weighted by molar-refractivity contribution is 5.94. The molecule has 1 aliphatic rings. The molecule has 156 valence electrons. The Hall–Kier alpha value is -2.73. The minimum absolute atomic E-state index is 0.0114. The molecular formula is C23H31N3O3. The summed E-state index contributed by atoms with van der Waals surface area (Å²) in [5.41, 5.74) is 1.91. The number of anilines is 2. The van der Waals surface area contributed by atoms with Gasteiger partial charge in [0.05, 0.1) is 24.9 Å². The molecule has 0 bridgehead atoms. The summed E-state index contributed by atoms with van der Waals surface area (Å²) in [5.74, 6) is 1.74. The lowest BCUT2D eigenvalue weighted by Gasteiger charge is -2.39. The molecule has 2 aromatic rings. The number of ether oxygens (including phenoxy) is 2. The van der Waals surface area contributed by atoms with E-state index in [4.69, 9.17) is 9.47 Å². The van der Waals surface area contributed by atoms with Crippen LogP contribution in [0.15, 0.2) is 48.5 Å². The second kappa shape index (κ2) is 10.2. The SMILES string of the molecule is CCOc1ccc(NC(=O)[C@H](C)N2CCN(c3ccccc3OCC)CC2)cc1. The molecule has 0 aliphatic carbocycles. The van der Waals surface area contributed by atoms with Crippen LogP contribution in [0.25, 0.3) is 0 Å². The van der Waals surface area contributed by atoms with Crippen LogP contribution >= 0.6 is 0 Å². The molecule has 1 amide bonds. The number of para-hydroxylation sites is 2. The van der Waals surface area contributed by atoms with Gasteiger partial charge < -0.3 is 19.7 Å². The lowest BCUT2D eigenvalue weighted by atomic mass is 10.2. The quantitative estimate of drug-likeness (QED) is 0.737. The first-order valence-electron chi connectivity index (χ1n) is 10.4. The third kappa shape index (κ3) is 5.41. The Balaban J connectivity index is 1.54. The topological polar surface area (TPSA) is 54.0 Å². The number of hydrogen-bond donors (Lipinski definition) is 1. The lowest BCUT2D eigenvalue weighted by Crippen LogP contribution is -2.52. The van der Waals surface area contributed by atoms with Gasteiger partial charge in [0.15, 0.2) is 0 Å². The number of rotatable bonds is 8. The Bertz CT molecular complexity index is 786. The number of nitrogens with zero attached hydrogens (tertiary/aromatic N) is 2. The van der Waals surface area contributed by atoms with Crippen LogP contribution in [-0.2, 0) is 4.79 Å². The largest absolute Gasteiger partial charge is 0.494 e. The molecule has 6 nitrogen and oxygen atoms in total. The molecule has 1 atom stereocenters. The van der Waals surface area contributed by atoms with Crippen LogP contribution in [0.1, 0.15) is 20.8 Å². The fourth-order valence-electron chi connectivity index (χ4n) is 3.56. The van der Waals surface area contributed by atoms with Gasteiger partial charge in [-0.05, 0) is 57.2 Å². The second-order valence-corrected chi connectivity index (χ2v) is 7.05. The standard InChI is InChI=1S/C23H31N3O3/c1-4-28-20-12-10-19(11-13-20)24-23(27)18(3)25-14-16-26(17-15-25)21-8-6-7-9-22(21)29-5-2/h6-13,18H,4-5,14-17H2,1-3H3,(H,24,27)/t18-/m0/s1. The molecule has 1 N–H and O–H groups in total. The van der Waals surface area contributed by atoms with Crippen LogP contribution in [-0.4, -0.2) is 56.2 Å². The third-order valence-electron chi connectivity index (χ3n) is 5.18. The van der Waals surface area contributed by atoms with Gasteiger partial charge in [0, 0.05) is 31.9 Å². The van der Waals surface area contributed by atoms with Crippen molar-refractivity contribution >= 4 is 17.3 Å². The molecule has 3 rings (SSSR count). The zero-order valence-electron chi connectivity index (χ0n) is 17.6. The summed E-state index contributed by atoms with van der Waals surface area (Å²) < 4.78 is 11.2. The van der Waals surface area contributed by atoms with E-state index in [9.17, 15) is 4.79 Å². The maximum absolute atomic E-state index is 12.7. The van der Waals surface area contributed by atoms with Crippen molar-refractivity contribution in [2.75, 3.05) is 49.6 Å². The first-order valence-corrected chi connectivity index (χ1v) is 10.4. The molecule has 0 saturated carbocycles. The molecule has 2 aromatic carbocycles. The van der Waals surface area contributed by atoms with Crippen LogP contribution in [0.2, 0.25) is 0 Å². The average Bonchev–Trinajstić information content (AvgIpc) is 2.75. The van der Waals surface area contributed by atoms with Crippen LogP contribution in [0.3, 0.4) is 0 Å². The second-order valence-electron chi connectivity index (χ2n) is 7.05. The molecule has 1 heterocycles. The number of benzene rings is 2. The van der Waals surface area contributed by atoms with E-state index < -0.39 is 0 Å². The molecule has 1 fully saturated rings. The van der Waals surface area contributed by atoms with Crippen molar-refractivity contribution in [1.29, 1.82) is 0 Å². The highest BCUT2D eigenvalue weighted by atomic mass is 16.5. The summed E-state index contributed by atoms with van der Waals surface area (Å²) in [5, 5.41) is 3.01. The van der Waals surface area contributed by atoms with E-state index in [-0.39, 0.29) is 11.9 Å². The van der Waals surface area contributed by atoms with Gasteiger partial charge >= 0.3 is 0 Å². The Kier molecular flexibility index (Phi) is 7.36. The van der Waals surface area contributed by atoms with Crippen LogP contribution in [0, 0.1) is 0 Å². The Morgan fingerprint density at radius 3 is 2.28 bits per heavy atom. The van der Waals surface area contributed by atoms with E-state index in [2.05, 4.69) is 21.2 Å². The number of amides is 1. The van der Waals surface area contributed by atoms with Gasteiger partial charge in [-0.25, -0.2) is 0 Å². The van der Waals surface area contributed by atoms with Crippen LogP contribution < -0.4 is 19.7 Å². The van der Waals surface area contributed by atoms with Gasteiger partial charge in [0.1, 0.15) is 11.5 Å². The van der Waals surface area contributed by atoms with Crippen molar-refractivity contribution in [1.82, 2.24) is 4.90 Å². The first kappa shape index (κ1) is 21.0. The number of hydrogen-bond acceptors (Lipinski definition) is 5. The highest BCUT2D eigenvalue weighted by Crippen LogP contribution is 2.29. The molecule has 29 heavy (non-hydrogen) atoms. The Morgan fingerprint density at radius 1 is 0.966 bits per heavy atom. The summed E-state index contributed by atoms with van der Waals surface area (Å²) in [7, 11) is 0. The van der Waals surface area contributed by atoms with Gasteiger partial charge in [-0.3, -0.25) is 9.69 Å². The van der Waals surface area contributed by atoms with Crippen molar-refractivity contribution in [3.05, 3.63) is 48.5 Å². The average molecular weight is 398 g/mol. The van der Waals surface area contributed by atoms with Gasteiger partial charge in [-0.15, -0.1) is 0 Å². The monoisotopic (exact) mass is 397 g/mol. The lowest BCUT2D eigenvalue weighted by molar-refractivity contribution is -0.120. The highest BCUT2D eigenvalue weighted by Gasteiger charge is 2.26. The van der Waals surface area contributed by atoms with E-state index in [0.29, 0.717) is 13.2 Å². The van der Waals surface area contributed by atoms with Crippen molar-refractivity contribution in [2.45, 2.75) is 26.8 Å². The minimum atomic E-state index is -0.189. The van der Waals surface area contributed by atoms with Crippen LogP contribution in [0.4, 0.5) is 11.4 Å². The molecule has 0 unspecified atom stereocenters. The number of carbonyl (C=O) groups excluding carboxylic acids is 1. The Morgan fingerprint density at radius 2 is 1.62 bits per heavy atom. The van der Waals surface area contributed by atoms with Crippen molar-refractivity contribution in [3.63, 3.8) is 0 Å². The van der Waals surface area contributed by atoms with E-state index in [0.717, 1.165) is 49.1 Å². The van der Waals surface area contributed by atoms with E-state index >= 15 is 0 Å². The minimum Gasteiger partial charge on any atom is -0.494 e. The van der Waals surface area contributed by atoms with Gasteiger partial charge in [0.25, 0.3) is 0 Å². The molecule has 1 saturated heterocycles. The summed E-state index contributed by atoms with van der Waals surface area (Å²) in [4.78, 5) is 17.3. The molecular weight excluding hydrogens is 366 g/mol. The summed E-state index contributed by atoms with van der Waals surface area (Å²) >= 11 is 0. The van der Waals surface area contributed by atoms with Gasteiger partial charge in [-0.1, -0.05) is 12.1 Å². The fourth-order valence-corrected chi connectivity index (χ4v) is 3.56. The smallest absolute Gasteiger partial charge is 0.241 e. The summed E-state index contributed by atoms with van der Waals surface area (Å²) in [6, 6.07) is 15.5. The predicted octanol–water partition coefficient (Wildman–Crippen LogP) is 3.63. The van der Waals surface area contributed by atoms with Crippen molar-refractivity contribution < 1.29 is 14.3 Å². The van der Waals surface area contributed by atoms with E-state index in [1.54, 1.807) is 0 Å². The fraction of sp³-hybridized carbons (Fsp3) is 0.435. The zero-order chi connectivity index (χ0) is 20.6.